The second-order valence-corrected chi connectivity index (χ2v) is 7.15. The molecule has 0 amide bonds. The summed E-state index contributed by atoms with van der Waals surface area (Å²) < 4.78 is 3.61. The third-order valence-corrected chi connectivity index (χ3v) is 4.47. The maximum atomic E-state index is 6.16. The number of benzene rings is 1. The molecule has 0 atom stereocenters. The predicted octanol–water partition coefficient (Wildman–Crippen LogP) is 2.21. The van der Waals surface area contributed by atoms with E-state index in [1.165, 1.54) is 0 Å². The van der Waals surface area contributed by atoms with Gasteiger partial charge < -0.3 is 5.73 Å². The fraction of sp³-hybridized carbons (Fsp3) is 0.316. The van der Waals surface area contributed by atoms with Crippen molar-refractivity contribution in [1.29, 1.82) is 0 Å². The van der Waals surface area contributed by atoms with Crippen molar-refractivity contribution in [2.75, 3.05) is 0 Å². The molecule has 8 nitrogen and oxygen atoms in total. The molecule has 0 bridgehead atoms. The van der Waals surface area contributed by atoms with E-state index in [4.69, 9.17) is 5.73 Å². The van der Waals surface area contributed by atoms with E-state index >= 15 is 0 Å². The first-order valence-corrected chi connectivity index (χ1v) is 8.92. The van der Waals surface area contributed by atoms with Crippen molar-refractivity contribution in [2.24, 2.45) is 5.73 Å². The van der Waals surface area contributed by atoms with Gasteiger partial charge in [-0.15, -0.1) is 5.10 Å². The molecule has 0 saturated heterocycles. The maximum Gasteiger partial charge on any atom is 0.187 e. The largest absolute Gasteiger partial charge is 0.322 e. The van der Waals surface area contributed by atoms with Crippen LogP contribution in [0.5, 0.6) is 0 Å². The maximum absolute atomic E-state index is 6.16. The molecule has 0 unspecified atom stereocenters. The minimum atomic E-state index is -0.388. The highest BCUT2D eigenvalue weighted by Gasteiger charge is 2.15. The third-order valence-electron chi connectivity index (χ3n) is 4.47. The van der Waals surface area contributed by atoms with Gasteiger partial charge in [0.15, 0.2) is 11.2 Å². The highest BCUT2D eigenvalue weighted by molar-refractivity contribution is 5.70. The second-order valence-electron chi connectivity index (χ2n) is 7.15. The van der Waals surface area contributed by atoms with Gasteiger partial charge in [0.05, 0.1) is 18.1 Å². The van der Waals surface area contributed by atoms with Gasteiger partial charge in [-0.25, -0.2) is 9.97 Å². The highest BCUT2D eigenvalue weighted by Crippen LogP contribution is 2.20. The van der Waals surface area contributed by atoms with Crippen LogP contribution < -0.4 is 5.73 Å². The molecule has 3 heterocycles. The van der Waals surface area contributed by atoms with Gasteiger partial charge in [0.1, 0.15) is 5.82 Å². The van der Waals surface area contributed by atoms with Crippen molar-refractivity contribution in [3.63, 3.8) is 0 Å². The molecule has 0 aliphatic rings. The van der Waals surface area contributed by atoms with E-state index in [1.54, 1.807) is 10.9 Å². The number of nitrogens with two attached hydrogens (primary N) is 1. The number of fused-ring (bicyclic) bond motifs is 1. The van der Waals surface area contributed by atoms with E-state index in [0.29, 0.717) is 23.4 Å². The van der Waals surface area contributed by atoms with Crippen LogP contribution in [0.3, 0.4) is 0 Å². The standard InChI is InChI=1S/C19H22N8/c1-4-26-12-13(10-22-26)9-17-21-11-16-18(23-17)27(25-24-16)15-7-5-14(6-8-15)19(2,3)20/h5-8,10-12H,4,9,20H2,1-3H3. The van der Waals surface area contributed by atoms with Crippen molar-refractivity contribution in [3.05, 3.63) is 59.8 Å². The zero-order chi connectivity index (χ0) is 19.0. The lowest BCUT2D eigenvalue weighted by molar-refractivity contribution is 0.554. The first kappa shape index (κ1) is 17.3. The minimum absolute atomic E-state index is 0.388. The Kier molecular flexibility index (Phi) is 4.19. The molecular weight excluding hydrogens is 340 g/mol. The number of rotatable bonds is 5. The van der Waals surface area contributed by atoms with Crippen LogP contribution in [0.15, 0.2) is 42.9 Å². The third kappa shape index (κ3) is 3.43. The van der Waals surface area contributed by atoms with Crippen LogP contribution in [0.25, 0.3) is 16.9 Å². The summed E-state index contributed by atoms with van der Waals surface area (Å²) in [5.74, 6) is 0.710. The molecule has 0 aliphatic heterocycles. The topological polar surface area (TPSA) is 100 Å². The summed E-state index contributed by atoms with van der Waals surface area (Å²) in [6.07, 6.45) is 6.18. The lowest BCUT2D eigenvalue weighted by Crippen LogP contribution is -2.28. The normalized spacial score (nSPS) is 12.0. The average Bonchev–Trinajstić information content (AvgIpc) is 3.27. The fourth-order valence-corrected chi connectivity index (χ4v) is 2.91. The Labute approximate surface area is 157 Å². The second kappa shape index (κ2) is 6.55. The SMILES string of the molecule is CCn1cc(Cc2ncc3nnn(-c4ccc(C(C)(C)N)cc4)c3n2)cn1. The summed E-state index contributed by atoms with van der Waals surface area (Å²) in [6, 6.07) is 7.96. The van der Waals surface area contributed by atoms with Crippen molar-refractivity contribution >= 4 is 11.2 Å². The first-order valence-electron chi connectivity index (χ1n) is 8.92. The molecule has 3 aromatic heterocycles. The van der Waals surface area contributed by atoms with E-state index in [9.17, 15) is 0 Å². The Balaban J connectivity index is 1.67. The summed E-state index contributed by atoms with van der Waals surface area (Å²) in [5.41, 5.74) is 10.1. The van der Waals surface area contributed by atoms with Crippen LogP contribution >= 0.6 is 0 Å². The molecule has 0 saturated carbocycles. The van der Waals surface area contributed by atoms with Crippen LogP contribution in [0.1, 0.15) is 37.7 Å². The smallest absolute Gasteiger partial charge is 0.187 e. The Morgan fingerprint density at radius 2 is 1.89 bits per heavy atom. The average molecular weight is 362 g/mol. The molecule has 8 heteroatoms. The van der Waals surface area contributed by atoms with Crippen molar-refractivity contribution in [1.82, 2.24) is 34.7 Å². The van der Waals surface area contributed by atoms with Gasteiger partial charge in [-0.05, 0) is 44.0 Å². The van der Waals surface area contributed by atoms with E-state index in [-0.39, 0.29) is 5.54 Å². The quantitative estimate of drug-likeness (QED) is 0.584. The molecule has 4 rings (SSSR count). The molecule has 4 aromatic rings. The summed E-state index contributed by atoms with van der Waals surface area (Å²) >= 11 is 0. The summed E-state index contributed by atoms with van der Waals surface area (Å²) in [4.78, 5) is 9.09. The van der Waals surface area contributed by atoms with Crippen LogP contribution in [0, 0.1) is 0 Å². The van der Waals surface area contributed by atoms with Gasteiger partial charge in [-0.2, -0.15) is 9.78 Å². The lowest BCUT2D eigenvalue weighted by atomic mass is 9.96. The number of aromatic nitrogens is 7. The van der Waals surface area contributed by atoms with Gasteiger partial charge in [0, 0.05) is 24.7 Å². The molecule has 138 valence electrons. The number of aryl methyl sites for hydroxylation is 1. The van der Waals surface area contributed by atoms with Gasteiger partial charge in [0.25, 0.3) is 0 Å². The summed E-state index contributed by atoms with van der Waals surface area (Å²) in [7, 11) is 0. The van der Waals surface area contributed by atoms with Crippen LogP contribution in [-0.4, -0.2) is 34.7 Å². The van der Waals surface area contributed by atoms with Crippen molar-refractivity contribution in [3.8, 4) is 5.69 Å². The fourth-order valence-electron chi connectivity index (χ4n) is 2.91. The lowest BCUT2D eigenvalue weighted by Gasteiger charge is -2.19. The number of hydrogen-bond acceptors (Lipinski definition) is 6. The zero-order valence-electron chi connectivity index (χ0n) is 15.7. The predicted molar refractivity (Wildman–Crippen MR) is 102 cm³/mol. The van der Waals surface area contributed by atoms with Gasteiger partial charge in [-0.1, -0.05) is 17.3 Å². The van der Waals surface area contributed by atoms with Gasteiger partial charge >= 0.3 is 0 Å². The highest BCUT2D eigenvalue weighted by atomic mass is 15.4. The summed E-state index contributed by atoms with van der Waals surface area (Å²) in [6.45, 7) is 6.85. The first-order chi connectivity index (χ1) is 12.9. The number of nitrogens with zero attached hydrogens (tertiary/aromatic N) is 7. The van der Waals surface area contributed by atoms with Crippen molar-refractivity contribution < 1.29 is 0 Å². The van der Waals surface area contributed by atoms with E-state index in [0.717, 1.165) is 23.4 Å². The van der Waals surface area contributed by atoms with Crippen LogP contribution in [0.2, 0.25) is 0 Å². The molecule has 0 spiro atoms. The monoisotopic (exact) mass is 362 g/mol. The van der Waals surface area contributed by atoms with E-state index in [1.807, 2.05) is 55.2 Å². The van der Waals surface area contributed by atoms with Crippen molar-refractivity contribution in [2.45, 2.75) is 39.3 Å². The Bertz CT molecular complexity index is 1070. The Morgan fingerprint density at radius 1 is 1.11 bits per heavy atom. The number of hydrogen-bond donors (Lipinski definition) is 1. The molecular formula is C19H22N8. The molecule has 2 N–H and O–H groups in total. The Hall–Kier alpha value is -3.13. The Morgan fingerprint density at radius 3 is 2.56 bits per heavy atom. The molecule has 0 radical (unpaired) electrons. The van der Waals surface area contributed by atoms with Gasteiger partial charge in [0.2, 0.25) is 0 Å². The van der Waals surface area contributed by atoms with Gasteiger partial charge in [-0.3, -0.25) is 4.68 Å². The van der Waals surface area contributed by atoms with E-state index in [2.05, 4.69) is 32.3 Å². The molecule has 1 aromatic carbocycles. The molecule has 27 heavy (non-hydrogen) atoms. The summed E-state index contributed by atoms with van der Waals surface area (Å²) in [5, 5.41) is 12.7. The van der Waals surface area contributed by atoms with Crippen LogP contribution in [0.4, 0.5) is 0 Å². The van der Waals surface area contributed by atoms with Crippen LogP contribution in [-0.2, 0) is 18.5 Å². The molecule has 0 aliphatic carbocycles. The zero-order valence-corrected chi connectivity index (χ0v) is 15.7. The minimum Gasteiger partial charge on any atom is -0.322 e. The van der Waals surface area contributed by atoms with E-state index < -0.39 is 0 Å². The molecule has 0 fully saturated rings.